The third kappa shape index (κ3) is 4.76. The van der Waals surface area contributed by atoms with Crippen LogP contribution in [0.5, 0.6) is 0 Å². The van der Waals surface area contributed by atoms with Gasteiger partial charge in [-0.3, -0.25) is 9.36 Å². The Morgan fingerprint density at radius 1 is 1.30 bits per heavy atom. The Kier molecular flexibility index (Phi) is 6.14. The molecule has 0 amide bonds. The largest absolute Gasteiger partial charge is 0.453 e. The molecule has 1 heterocycles. The second-order valence-corrected chi connectivity index (χ2v) is 8.11. The molecule has 0 radical (unpaired) electrons. The predicted octanol–water partition coefficient (Wildman–Crippen LogP) is 4.92. The van der Waals surface area contributed by atoms with Crippen molar-refractivity contribution in [3.8, 4) is 0 Å². The van der Waals surface area contributed by atoms with Gasteiger partial charge in [0.25, 0.3) is 0 Å². The maximum Gasteiger partial charge on any atom is 0.324 e. The number of aromatic nitrogens is 1. The lowest BCUT2D eigenvalue weighted by Gasteiger charge is -2.21. The minimum atomic E-state index is -0.981. The molecule has 122 valence electrons. The summed E-state index contributed by atoms with van der Waals surface area (Å²) in [6, 6.07) is 11.7. The SMILES string of the molecule is CC(C)CC(C)(P=O)C(=O)OCSc1ccc2ccccc2n1. The van der Waals surface area contributed by atoms with E-state index < -0.39 is 11.1 Å². The van der Waals surface area contributed by atoms with E-state index in [1.807, 2.05) is 50.2 Å². The van der Waals surface area contributed by atoms with E-state index in [1.165, 1.54) is 11.8 Å². The van der Waals surface area contributed by atoms with Crippen molar-refractivity contribution in [1.82, 2.24) is 4.98 Å². The lowest BCUT2D eigenvalue weighted by molar-refractivity contribution is -0.144. The molecule has 0 bridgehead atoms. The number of esters is 1. The Morgan fingerprint density at radius 2 is 2.04 bits per heavy atom. The predicted molar refractivity (Wildman–Crippen MR) is 94.0 cm³/mol. The minimum absolute atomic E-state index is 0.160. The van der Waals surface area contributed by atoms with Crippen LogP contribution in [-0.2, 0) is 14.1 Å². The van der Waals surface area contributed by atoms with Crippen molar-refractivity contribution >= 4 is 37.1 Å². The molecule has 1 aromatic heterocycles. The molecule has 0 fully saturated rings. The van der Waals surface area contributed by atoms with Crippen LogP contribution in [0.25, 0.3) is 10.9 Å². The molecule has 0 aliphatic rings. The first-order valence-corrected chi connectivity index (χ1v) is 9.25. The number of rotatable bonds is 7. The Bertz CT molecular complexity index is 707. The highest BCUT2D eigenvalue weighted by atomic mass is 32.2. The van der Waals surface area contributed by atoms with Crippen molar-refractivity contribution in [3.63, 3.8) is 0 Å². The Labute approximate surface area is 142 Å². The summed E-state index contributed by atoms with van der Waals surface area (Å²) in [6.07, 6.45) is 0.524. The van der Waals surface area contributed by atoms with Gasteiger partial charge in [0.1, 0.15) is 11.1 Å². The fourth-order valence-corrected chi connectivity index (χ4v) is 3.57. The maximum atomic E-state index is 12.2. The molecule has 4 nitrogen and oxygen atoms in total. The first kappa shape index (κ1) is 17.9. The Morgan fingerprint density at radius 3 is 2.74 bits per heavy atom. The highest BCUT2D eigenvalue weighted by Crippen LogP contribution is 2.32. The van der Waals surface area contributed by atoms with E-state index in [2.05, 4.69) is 4.98 Å². The molecule has 0 aliphatic carbocycles. The summed E-state index contributed by atoms with van der Waals surface area (Å²) in [7, 11) is -0.201. The van der Waals surface area contributed by atoms with Gasteiger partial charge in [0, 0.05) is 5.39 Å². The van der Waals surface area contributed by atoms with Gasteiger partial charge in [-0.05, 0) is 31.4 Å². The summed E-state index contributed by atoms with van der Waals surface area (Å²) in [5.74, 6) is -0.00660. The van der Waals surface area contributed by atoms with Crippen LogP contribution in [0, 0.1) is 5.92 Å². The van der Waals surface area contributed by atoms with E-state index in [1.54, 1.807) is 6.92 Å². The normalized spacial score (nSPS) is 14.1. The molecule has 1 unspecified atom stereocenters. The van der Waals surface area contributed by atoms with E-state index in [9.17, 15) is 9.36 Å². The van der Waals surface area contributed by atoms with Crippen LogP contribution < -0.4 is 0 Å². The average molecular weight is 349 g/mol. The van der Waals surface area contributed by atoms with Crippen LogP contribution in [0.2, 0.25) is 0 Å². The number of para-hydroxylation sites is 1. The van der Waals surface area contributed by atoms with Gasteiger partial charge in [-0.1, -0.05) is 49.9 Å². The molecule has 1 atom stereocenters. The van der Waals surface area contributed by atoms with Crippen molar-refractivity contribution in [2.75, 3.05) is 5.94 Å². The summed E-state index contributed by atoms with van der Waals surface area (Å²) in [4.78, 5) is 16.7. The fraction of sp³-hybridized carbons (Fsp3) is 0.412. The number of carbonyl (C=O) groups excluding carboxylic acids is 1. The van der Waals surface area contributed by atoms with E-state index in [-0.39, 0.29) is 20.3 Å². The molecule has 0 saturated carbocycles. The summed E-state index contributed by atoms with van der Waals surface area (Å²) >= 11 is 1.35. The third-order valence-electron chi connectivity index (χ3n) is 3.42. The van der Waals surface area contributed by atoms with Gasteiger partial charge in [0.05, 0.1) is 10.5 Å². The lowest BCUT2D eigenvalue weighted by Crippen LogP contribution is -2.32. The lowest BCUT2D eigenvalue weighted by atomic mass is 9.98. The molecule has 0 saturated heterocycles. The van der Waals surface area contributed by atoms with Gasteiger partial charge in [0.2, 0.25) is 0 Å². The van der Waals surface area contributed by atoms with Crippen molar-refractivity contribution in [1.29, 1.82) is 0 Å². The summed E-state index contributed by atoms with van der Waals surface area (Å²) < 4.78 is 16.7. The summed E-state index contributed by atoms with van der Waals surface area (Å²) in [5, 5.41) is 0.885. The number of benzene rings is 1. The van der Waals surface area contributed by atoms with Gasteiger partial charge in [-0.2, -0.15) is 0 Å². The quantitative estimate of drug-likeness (QED) is 0.307. The zero-order valence-electron chi connectivity index (χ0n) is 13.5. The summed E-state index contributed by atoms with van der Waals surface area (Å²) in [6.45, 7) is 5.65. The summed E-state index contributed by atoms with van der Waals surface area (Å²) in [5.41, 5.74) is 0.909. The number of carbonyl (C=O) groups is 1. The molecular weight excluding hydrogens is 329 g/mol. The molecule has 2 aromatic rings. The standard InChI is InChI=1S/C17H20NO3PS/c1-12(2)10-17(3,22-20)16(19)21-11-23-15-9-8-13-6-4-5-7-14(13)18-15/h4-9,12H,10-11H2,1-3H3. The van der Waals surface area contributed by atoms with E-state index in [4.69, 9.17) is 4.74 Å². The van der Waals surface area contributed by atoms with E-state index >= 15 is 0 Å². The second kappa shape index (κ2) is 7.89. The zero-order valence-corrected chi connectivity index (χ0v) is 15.2. The van der Waals surface area contributed by atoms with E-state index in [0.717, 1.165) is 15.9 Å². The van der Waals surface area contributed by atoms with Crippen LogP contribution in [0.1, 0.15) is 27.2 Å². The van der Waals surface area contributed by atoms with Crippen molar-refractivity contribution in [2.45, 2.75) is 37.4 Å². The monoisotopic (exact) mass is 349 g/mol. The first-order valence-electron chi connectivity index (χ1n) is 7.45. The average Bonchev–Trinajstić information content (AvgIpc) is 2.53. The van der Waals surface area contributed by atoms with Gasteiger partial charge < -0.3 is 4.74 Å². The number of hydrogen-bond donors (Lipinski definition) is 0. The number of nitrogens with zero attached hydrogens (tertiary/aromatic N) is 1. The van der Waals surface area contributed by atoms with E-state index in [0.29, 0.717) is 6.42 Å². The maximum absolute atomic E-state index is 12.2. The zero-order chi connectivity index (χ0) is 16.9. The molecule has 1 aromatic carbocycles. The molecule has 6 heteroatoms. The number of hydrogen-bond acceptors (Lipinski definition) is 5. The highest BCUT2D eigenvalue weighted by Gasteiger charge is 2.36. The van der Waals surface area contributed by atoms with Gasteiger partial charge >= 0.3 is 5.97 Å². The number of pyridine rings is 1. The first-order chi connectivity index (χ1) is 10.9. The molecule has 23 heavy (non-hydrogen) atoms. The third-order valence-corrected chi connectivity index (χ3v) is 4.94. The molecule has 0 spiro atoms. The fourth-order valence-electron chi connectivity index (χ4n) is 2.38. The van der Waals surface area contributed by atoms with Crippen LogP contribution in [0.4, 0.5) is 0 Å². The smallest absolute Gasteiger partial charge is 0.324 e. The number of thioether (sulfide) groups is 1. The molecular formula is C17H20NO3PS. The van der Waals surface area contributed by atoms with Crippen LogP contribution in [0.15, 0.2) is 41.4 Å². The van der Waals surface area contributed by atoms with Crippen molar-refractivity contribution in [2.24, 2.45) is 5.92 Å². The topological polar surface area (TPSA) is 56.3 Å². The Hall–Kier alpha value is -1.45. The minimum Gasteiger partial charge on any atom is -0.453 e. The van der Waals surface area contributed by atoms with Crippen LogP contribution in [0.3, 0.4) is 0 Å². The van der Waals surface area contributed by atoms with Gasteiger partial charge in [-0.15, -0.1) is 0 Å². The molecule has 2 rings (SSSR count). The molecule has 0 N–H and O–H groups in total. The molecule has 0 aliphatic heterocycles. The van der Waals surface area contributed by atoms with Crippen molar-refractivity contribution < 1.29 is 14.1 Å². The van der Waals surface area contributed by atoms with Crippen LogP contribution in [-0.4, -0.2) is 22.0 Å². The second-order valence-electron chi connectivity index (χ2n) is 6.00. The number of ether oxygens (including phenoxy) is 1. The number of fused-ring (bicyclic) bond motifs is 1. The van der Waals surface area contributed by atoms with Crippen molar-refractivity contribution in [3.05, 3.63) is 36.4 Å². The Balaban J connectivity index is 1.95. The van der Waals surface area contributed by atoms with Gasteiger partial charge in [0.15, 0.2) is 8.46 Å². The highest BCUT2D eigenvalue weighted by molar-refractivity contribution is 7.99. The van der Waals surface area contributed by atoms with Gasteiger partial charge in [-0.25, -0.2) is 4.98 Å². The van der Waals surface area contributed by atoms with Crippen LogP contribution >= 0.6 is 20.2 Å².